The predicted molar refractivity (Wildman–Crippen MR) is 55.3 cm³/mol. The largest absolute Gasteiger partial charge is 0.468 e. The Labute approximate surface area is 95.6 Å². The molecule has 0 unspecified atom stereocenters. The van der Waals surface area contributed by atoms with E-state index in [9.17, 15) is 9.59 Å². The van der Waals surface area contributed by atoms with Crippen molar-refractivity contribution in [1.82, 2.24) is 9.55 Å². The van der Waals surface area contributed by atoms with Gasteiger partial charge in [-0.05, 0) is 18.5 Å². The van der Waals surface area contributed by atoms with Crippen molar-refractivity contribution in [3.05, 3.63) is 26.4 Å². The number of hydrogen-bond donors (Lipinski definition) is 0. The van der Waals surface area contributed by atoms with E-state index in [0.717, 1.165) is 4.57 Å². The first-order valence-corrected chi connectivity index (χ1v) is 4.72. The quantitative estimate of drug-likeness (QED) is 0.447. The van der Waals surface area contributed by atoms with E-state index in [4.69, 9.17) is 23.2 Å². The molecular weight excluding hydrogens is 243 g/mol. The lowest BCUT2D eigenvalue weighted by Gasteiger charge is -2.07. The fraction of sp³-hybridized carbons (Fsp3) is 0.375. The van der Waals surface area contributed by atoms with Crippen LogP contribution >= 0.6 is 23.2 Å². The van der Waals surface area contributed by atoms with Crippen molar-refractivity contribution in [2.75, 3.05) is 7.11 Å². The lowest BCUT2D eigenvalue weighted by atomic mass is 10.4. The topological polar surface area (TPSA) is 61.2 Å². The van der Waals surface area contributed by atoms with E-state index in [1.165, 1.54) is 14.0 Å². The summed E-state index contributed by atoms with van der Waals surface area (Å²) in [5.41, 5.74) is -0.213. The van der Waals surface area contributed by atoms with E-state index in [1.54, 1.807) is 0 Å². The lowest BCUT2D eigenvalue weighted by Crippen LogP contribution is -2.28. The van der Waals surface area contributed by atoms with Crippen LogP contribution in [-0.4, -0.2) is 22.6 Å². The zero-order valence-corrected chi connectivity index (χ0v) is 9.59. The molecule has 0 aliphatic rings. The van der Waals surface area contributed by atoms with E-state index in [1.807, 2.05) is 0 Å². The van der Waals surface area contributed by atoms with Gasteiger partial charge < -0.3 is 4.74 Å². The van der Waals surface area contributed by atoms with E-state index in [2.05, 4.69) is 9.72 Å². The zero-order chi connectivity index (χ0) is 11.6. The number of esters is 1. The van der Waals surface area contributed by atoms with Crippen LogP contribution in [0.3, 0.4) is 0 Å². The summed E-state index contributed by atoms with van der Waals surface area (Å²) in [6, 6.07) is 0. The summed E-state index contributed by atoms with van der Waals surface area (Å²) >= 11 is 11.3. The summed E-state index contributed by atoms with van der Waals surface area (Å²) in [5.74, 6) is -0.581. The van der Waals surface area contributed by atoms with Gasteiger partial charge in [-0.25, -0.2) is 4.98 Å². The van der Waals surface area contributed by atoms with Crippen LogP contribution in [0, 0.1) is 6.92 Å². The van der Waals surface area contributed by atoms with Crippen molar-refractivity contribution in [1.29, 1.82) is 0 Å². The molecule has 5 nitrogen and oxygen atoms in total. The monoisotopic (exact) mass is 250 g/mol. The van der Waals surface area contributed by atoms with Crippen LogP contribution in [0.4, 0.5) is 0 Å². The van der Waals surface area contributed by atoms with E-state index >= 15 is 0 Å². The van der Waals surface area contributed by atoms with Crippen LogP contribution in [0.15, 0.2) is 4.79 Å². The first-order chi connectivity index (χ1) is 6.97. The number of rotatable bonds is 2. The molecule has 0 aliphatic carbocycles. The van der Waals surface area contributed by atoms with Crippen LogP contribution in [0.25, 0.3) is 0 Å². The summed E-state index contributed by atoms with van der Waals surface area (Å²) in [6.07, 6.45) is 0. The Hall–Kier alpha value is -1.07. The van der Waals surface area contributed by atoms with E-state index in [-0.39, 0.29) is 22.5 Å². The molecule has 15 heavy (non-hydrogen) atoms. The highest BCUT2D eigenvalue weighted by Crippen LogP contribution is 2.11. The molecular formula is C8H8Cl2N2O3. The number of carbonyl (C=O) groups is 1. The minimum Gasteiger partial charge on any atom is -0.468 e. The normalized spacial score (nSPS) is 10.1. The summed E-state index contributed by atoms with van der Waals surface area (Å²) in [7, 11) is 1.22. The summed E-state index contributed by atoms with van der Waals surface area (Å²) in [4.78, 5) is 26.3. The van der Waals surface area contributed by atoms with Crippen LogP contribution < -0.4 is 5.56 Å². The minimum absolute atomic E-state index is 0.0334. The van der Waals surface area contributed by atoms with Gasteiger partial charge in [0.05, 0.1) is 12.7 Å². The number of methoxy groups -OCH3 is 1. The van der Waals surface area contributed by atoms with Crippen LogP contribution in [0.5, 0.6) is 0 Å². The molecule has 1 heterocycles. The molecule has 0 aromatic carbocycles. The second-order valence-corrected chi connectivity index (χ2v) is 3.46. The highest BCUT2D eigenvalue weighted by molar-refractivity contribution is 6.32. The molecule has 1 aromatic heterocycles. The molecule has 0 amide bonds. The van der Waals surface area contributed by atoms with Crippen molar-refractivity contribution < 1.29 is 9.53 Å². The van der Waals surface area contributed by atoms with Crippen LogP contribution in [-0.2, 0) is 16.1 Å². The number of nitrogens with zero attached hydrogens (tertiary/aromatic N) is 2. The lowest BCUT2D eigenvalue weighted by molar-refractivity contribution is -0.141. The van der Waals surface area contributed by atoms with Crippen LogP contribution in [0.1, 0.15) is 5.56 Å². The molecule has 1 rings (SSSR count). The third kappa shape index (κ3) is 2.49. The van der Waals surface area contributed by atoms with Gasteiger partial charge >= 0.3 is 5.97 Å². The Balaban J connectivity index is 3.24. The fourth-order valence-electron chi connectivity index (χ4n) is 0.930. The summed E-state index contributed by atoms with van der Waals surface area (Å²) in [6.45, 7) is 1.22. The third-order valence-electron chi connectivity index (χ3n) is 1.80. The zero-order valence-electron chi connectivity index (χ0n) is 8.08. The standard InChI is InChI=1S/C8H8Cl2N2O3/c1-4-6(9)11-8(10)12(7(4)14)3-5(13)15-2/h3H2,1-2H3. The van der Waals surface area contributed by atoms with Gasteiger partial charge in [-0.3, -0.25) is 14.2 Å². The molecule has 0 bridgehead atoms. The molecule has 0 fully saturated rings. The molecule has 0 aliphatic heterocycles. The molecule has 0 spiro atoms. The van der Waals surface area contributed by atoms with Gasteiger partial charge in [0.2, 0.25) is 5.28 Å². The first-order valence-electron chi connectivity index (χ1n) is 3.96. The summed E-state index contributed by atoms with van der Waals surface area (Å²) < 4.78 is 5.41. The maximum absolute atomic E-state index is 11.6. The smallest absolute Gasteiger partial charge is 0.325 e. The second kappa shape index (κ2) is 4.63. The third-order valence-corrected chi connectivity index (χ3v) is 2.46. The first kappa shape index (κ1) is 12.0. The van der Waals surface area contributed by atoms with E-state index in [0.29, 0.717) is 0 Å². The number of carbonyl (C=O) groups excluding carboxylic acids is 1. The number of hydrogen-bond acceptors (Lipinski definition) is 4. The van der Waals surface area contributed by atoms with Gasteiger partial charge in [0.1, 0.15) is 11.7 Å². The molecule has 0 atom stereocenters. The Morgan fingerprint density at radius 3 is 2.67 bits per heavy atom. The average Bonchev–Trinajstić information content (AvgIpc) is 2.21. The van der Waals surface area contributed by atoms with Gasteiger partial charge in [-0.1, -0.05) is 11.6 Å². The Bertz CT molecular complexity index is 456. The maximum Gasteiger partial charge on any atom is 0.325 e. The number of ether oxygens (including phenoxy) is 1. The predicted octanol–water partition coefficient (Wildman–Crippen LogP) is 1.03. The van der Waals surface area contributed by atoms with Crippen molar-refractivity contribution in [3.8, 4) is 0 Å². The molecule has 1 aromatic rings. The highest BCUT2D eigenvalue weighted by atomic mass is 35.5. The van der Waals surface area contributed by atoms with Gasteiger partial charge in [0.25, 0.3) is 5.56 Å². The van der Waals surface area contributed by atoms with Gasteiger partial charge in [0, 0.05) is 0 Å². The Morgan fingerprint density at radius 2 is 2.13 bits per heavy atom. The highest BCUT2D eigenvalue weighted by Gasteiger charge is 2.13. The van der Waals surface area contributed by atoms with E-state index < -0.39 is 11.5 Å². The fourth-order valence-corrected chi connectivity index (χ4v) is 1.36. The SMILES string of the molecule is COC(=O)Cn1c(Cl)nc(Cl)c(C)c1=O. The van der Waals surface area contributed by atoms with Gasteiger partial charge in [-0.15, -0.1) is 0 Å². The maximum atomic E-state index is 11.6. The van der Waals surface area contributed by atoms with Gasteiger partial charge in [0.15, 0.2) is 0 Å². The second-order valence-electron chi connectivity index (χ2n) is 2.76. The van der Waals surface area contributed by atoms with Crippen molar-refractivity contribution in [2.24, 2.45) is 0 Å². The average molecular weight is 251 g/mol. The molecule has 0 N–H and O–H groups in total. The van der Waals surface area contributed by atoms with Crippen molar-refractivity contribution in [3.63, 3.8) is 0 Å². The molecule has 82 valence electrons. The summed E-state index contributed by atoms with van der Waals surface area (Å²) in [5, 5.41) is -0.105. The molecule has 7 heteroatoms. The molecule has 0 radical (unpaired) electrons. The number of aromatic nitrogens is 2. The Morgan fingerprint density at radius 1 is 1.53 bits per heavy atom. The van der Waals surface area contributed by atoms with Crippen molar-refractivity contribution >= 4 is 29.2 Å². The molecule has 0 saturated heterocycles. The van der Waals surface area contributed by atoms with Gasteiger partial charge in [-0.2, -0.15) is 0 Å². The van der Waals surface area contributed by atoms with Crippen molar-refractivity contribution in [2.45, 2.75) is 13.5 Å². The Kier molecular flexibility index (Phi) is 3.71. The van der Waals surface area contributed by atoms with Crippen LogP contribution in [0.2, 0.25) is 10.4 Å². The minimum atomic E-state index is -0.581. The molecule has 0 saturated carbocycles. The number of halogens is 2.